The Morgan fingerprint density at radius 3 is 3.10 bits per heavy atom. The number of H-pyrrole nitrogens is 1. The number of carbonyl (C=O) groups excluding carboxylic acids is 1. The van der Waals surface area contributed by atoms with Gasteiger partial charge in [0.25, 0.3) is 0 Å². The number of amides is 1. The molecule has 0 saturated carbocycles. The molecular formula is C20H22ClN5O2S. The van der Waals surface area contributed by atoms with Crippen molar-refractivity contribution >= 4 is 40.4 Å². The molecule has 1 fully saturated rings. The van der Waals surface area contributed by atoms with Crippen LogP contribution in [0.15, 0.2) is 47.8 Å². The maximum Gasteiger partial charge on any atom is 0.230 e. The van der Waals surface area contributed by atoms with Crippen LogP contribution >= 0.6 is 23.4 Å². The van der Waals surface area contributed by atoms with Crippen molar-refractivity contribution in [1.82, 2.24) is 25.2 Å². The summed E-state index contributed by atoms with van der Waals surface area (Å²) in [5.41, 5.74) is 2.64. The molecule has 0 aliphatic carbocycles. The summed E-state index contributed by atoms with van der Waals surface area (Å²) in [5, 5.41) is 4.15. The highest BCUT2D eigenvalue weighted by molar-refractivity contribution is 7.99. The number of nitrogens with zero attached hydrogens (tertiary/aromatic N) is 3. The maximum atomic E-state index is 12.2. The van der Waals surface area contributed by atoms with Crippen LogP contribution in [0.25, 0.3) is 11.2 Å². The molecule has 3 aromatic rings. The number of pyridine rings is 1. The van der Waals surface area contributed by atoms with Gasteiger partial charge < -0.3 is 15.0 Å². The number of imidazole rings is 1. The molecule has 4 rings (SSSR count). The van der Waals surface area contributed by atoms with Crippen molar-refractivity contribution in [2.24, 2.45) is 0 Å². The second-order valence-electron chi connectivity index (χ2n) is 6.87. The fourth-order valence-electron chi connectivity index (χ4n) is 3.22. The summed E-state index contributed by atoms with van der Waals surface area (Å²) < 4.78 is 5.81. The van der Waals surface area contributed by atoms with Crippen LogP contribution in [0.5, 0.6) is 0 Å². The lowest BCUT2D eigenvalue weighted by atomic mass is 10.2. The first-order valence-electron chi connectivity index (χ1n) is 9.44. The average molecular weight is 432 g/mol. The van der Waals surface area contributed by atoms with Crippen LogP contribution in [-0.4, -0.2) is 63.9 Å². The van der Waals surface area contributed by atoms with Crippen molar-refractivity contribution in [3.8, 4) is 0 Å². The Morgan fingerprint density at radius 2 is 2.24 bits per heavy atom. The number of hydrogen-bond donors (Lipinski definition) is 2. The smallest absolute Gasteiger partial charge is 0.230 e. The predicted molar refractivity (Wildman–Crippen MR) is 114 cm³/mol. The number of fused-ring (bicyclic) bond motifs is 1. The van der Waals surface area contributed by atoms with Gasteiger partial charge in [0.2, 0.25) is 5.91 Å². The Balaban J connectivity index is 1.21. The highest BCUT2D eigenvalue weighted by Gasteiger charge is 2.21. The monoisotopic (exact) mass is 431 g/mol. The number of benzene rings is 1. The largest absolute Gasteiger partial charge is 0.374 e. The number of rotatable bonds is 7. The molecular weight excluding hydrogens is 410 g/mol. The third-order valence-corrected chi connectivity index (χ3v) is 5.70. The molecule has 1 atom stereocenters. The summed E-state index contributed by atoms with van der Waals surface area (Å²) >= 11 is 7.27. The van der Waals surface area contributed by atoms with E-state index in [-0.39, 0.29) is 17.8 Å². The van der Waals surface area contributed by atoms with Gasteiger partial charge in [0.05, 0.1) is 29.0 Å². The van der Waals surface area contributed by atoms with Crippen molar-refractivity contribution in [3.63, 3.8) is 0 Å². The van der Waals surface area contributed by atoms with Gasteiger partial charge in [-0.05, 0) is 11.6 Å². The van der Waals surface area contributed by atoms with Crippen molar-refractivity contribution < 1.29 is 9.53 Å². The first-order valence-corrected chi connectivity index (χ1v) is 10.8. The van der Waals surface area contributed by atoms with Gasteiger partial charge in [-0.1, -0.05) is 53.7 Å². The molecule has 2 N–H and O–H groups in total. The predicted octanol–water partition coefficient (Wildman–Crippen LogP) is 2.72. The Kier molecular flexibility index (Phi) is 6.66. The van der Waals surface area contributed by atoms with E-state index in [0.29, 0.717) is 29.0 Å². The van der Waals surface area contributed by atoms with Gasteiger partial charge >= 0.3 is 0 Å². The molecule has 0 bridgehead atoms. The van der Waals surface area contributed by atoms with Crippen LogP contribution < -0.4 is 5.32 Å². The number of morpholine rings is 1. The van der Waals surface area contributed by atoms with Crippen molar-refractivity contribution in [1.29, 1.82) is 0 Å². The molecule has 1 aliphatic rings. The molecule has 7 nitrogen and oxygen atoms in total. The maximum absolute atomic E-state index is 12.2. The van der Waals surface area contributed by atoms with Crippen molar-refractivity contribution in [2.75, 3.05) is 32.0 Å². The molecule has 2 aromatic heterocycles. The highest BCUT2D eigenvalue weighted by atomic mass is 35.5. The van der Waals surface area contributed by atoms with E-state index in [1.165, 1.54) is 17.3 Å². The van der Waals surface area contributed by atoms with E-state index in [0.717, 1.165) is 25.2 Å². The minimum atomic E-state index is -0.0507. The normalized spacial score (nSPS) is 17.5. The van der Waals surface area contributed by atoms with Crippen LogP contribution in [0.2, 0.25) is 5.02 Å². The summed E-state index contributed by atoms with van der Waals surface area (Å²) in [6.07, 6.45) is 1.55. The average Bonchev–Trinajstić information content (AvgIpc) is 3.14. The number of aromatic nitrogens is 3. The third kappa shape index (κ3) is 5.70. The summed E-state index contributed by atoms with van der Waals surface area (Å²) in [6.45, 7) is 3.78. The van der Waals surface area contributed by atoms with Crippen LogP contribution in [0.1, 0.15) is 5.56 Å². The van der Waals surface area contributed by atoms with Gasteiger partial charge in [0.15, 0.2) is 10.8 Å². The number of nitrogens with one attached hydrogen (secondary N) is 2. The van der Waals surface area contributed by atoms with Gasteiger partial charge in [-0.3, -0.25) is 9.69 Å². The van der Waals surface area contributed by atoms with E-state index in [9.17, 15) is 4.79 Å². The van der Waals surface area contributed by atoms with E-state index >= 15 is 0 Å². The fourth-order valence-corrected chi connectivity index (χ4v) is 4.08. The van der Waals surface area contributed by atoms with Gasteiger partial charge in [0, 0.05) is 32.4 Å². The number of ether oxygens (including phenoxy) is 1. The summed E-state index contributed by atoms with van der Waals surface area (Å²) in [6, 6.07) is 12.2. The Labute approximate surface area is 178 Å². The molecule has 3 heterocycles. The molecule has 152 valence electrons. The minimum absolute atomic E-state index is 0.000968. The van der Waals surface area contributed by atoms with Crippen LogP contribution in [0.3, 0.4) is 0 Å². The molecule has 0 radical (unpaired) electrons. The first-order chi connectivity index (χ1) is 14.2. The van der Waals surface area contributed by atoms with E-state index in [2.05, 4.69) is 49.4 Å². The number of hydrogen-bond acceptors (Lipinski definition) is 6. The Bertz CT molecular complexity index is 968. The van der Waals surface area contributed by atoms with Crippen LogP contribution in [0, 0.1) is 0 Å². The summed E-state index contributed by atoms with van der Waals surface area (Å²) in [4.78, 5) is 26.2. The third-order valence-electron chi connectivity index (χ3n) is 4.62. The second kappa shape index (κ2) is 9.58. The zero-order valence-corrected chi connectivity index (χ0v) is 17.4. The lowest BCUT2D eigenvalue weighted by molar-refractivity contribution is -0.119. The Morgan fingerprint density at radius 1 is 1.38 bits per heavy atom. The van der Waals surface area contributed by atoms with Crippen molar-refractivity contribution in [3.05, 3.63) is 53.2 Å². The zero-order chi connectivity index (χ0) is 20.1. The summed E-state index contributed by atoms with van der Waals surface area (Å²) in [7, 11) is 0. The first kappa shape index (κ1) is 20.2. The fraction of sp³-hybridized carbons (Fsp3) is 0.350. The van der Waals surface area contributed by atoms with Crippen LogP contribution in [0.4, 0.5) is 0 Å². The van der Waals surface area contributed by atoms with Crippen molar-refractivity contribution in [2.45, 2.75) is 17.8 Å². The van der Waals surface area contributed by atoms with E-state index < -0.39 is 0 Å². The quantitative estimate of drug-likeness (QED) is 0.560. The standard InChI is InChI=1S/C20H22ClN5O2S/c21-15-8-17-19(23-9-15)25-20(24-17)29-13-18(27)22-10-16-12-26(6-7-28-16)11-14-4-2-1-3-5-14/h1-5,8-9,16H,6-7,10-13H2,(H,22,27)(H,23,24,25). The molecule has 29 heavy (non-hydrogen) atoms. The van der Waals surface area contributed by atoms with Gasteiger partial charge in [0.1, 0.15) is 0 Å². The molecule has 1 saturated heterocycles. The van der Waals surface area contributed by atoms with Gasteiger partial charge in [-0.2, -0.15) is 0 Å². The molecule has 1 amide bonds. The van der Waals surface area contributed by atoms with Crippen LogP contribution in [-0.2, 0) is 16.1 Å². The number of carbonyl (C=O) groups is 1. The van der Waals surface area contributed by atoms with Gasteiger partial charge in [-0.15, -0.1) is 0 Å². The topological polar surface area (TPSA) is 83.1 Å². The number of thioether (sulfide) groups is 1. The second-order valence-corrected chi connectivity index (χ2v) is 8.27. The lowest BCUT2D eigenvalue weighted by Gasteiger charge is -2.33. The number of halogens is 1. The minimum Gasteiger partial charge on any atom is -0.374 e. The van der Waals surface area contributed by atoms with E-state index in [4.69, 9.17) is 16.3 Å². The van der Waals surface area contributed by atoms with E-state index in [1.54, 1.807) is 12.3 Å². The van der Waals surface area contributed by atoms with E-state index in [1.807, 2.05) is 6.07 Å². The number of aromatic amines is 1. The van der Waals surface area contributed by atoms with Gasteiger partial charge in [-0.25, -0.2) is 9.97 Å². The highest BCUT2D eigenvalue weighted by Crippen LogP contribution is 2.20. The lowest BCUT2D eigenvalue weighted by Crippen LogP contribution is -2.47. The molecule has 1 aliphatic heterocycles. The summed E-state index contributed by atoms with van der Waals surface area (Å²) in [5.74, 6) is 0.221. The molecule has 1 aromatic carbocycles. The molecule has 0 spiro atoms. The SMILES string of the molecule is O=C(CSc1nc2ncc(Cl)cc2[nH]1)NCC1CN(Cc2ccccc2)CCO1. The Hall–Kier alpha value is -2.13. The molecule has 1 unspecified atom stereocenters. The molecule has 9 heteroatoms. The zero-order valence-electron chi connectivity index (χ0n) is 15.8.